The maximum atomic E-state index is 2.31. The summed E-state index contributed by atoms with van der Waals surface area (Å²) in [5.74, 6) is 0.850. The number of rotatable bonds is 1. The van der Waals surface area contributed by atoms with E-state index < -0.39 is 0 Å². The lowest BCUT2D eigenvalue weighted by Gasteiger charge is -2.25. The van der Waals surface area contributed by atoms with Crippen molar-refractivity contribution in [2.24, 2.45) is 11.3 Å². The second-order valence-electron chi connectivity index (χ2n) is 5.80. The number of hydrogen-bond donors (Lipinski definition) is 0. The van der Waals surface area contributed by atoms with Gasteiger partial charge in [0.2, 0.25) is 0 Å². The average Bonchev–Trinajstić information content (AvgIpc) is 2.44. The van der Waals surface area contributed by atoms with Gasteiger partial charge in [-0.1, -0.05) is 107 Å². The first-order valence-corrected chi connectivity index (χ1v) is 8.48. The van der Waals surface area contributed by atoms with E-state index >= 15 is 0 Å². The van der Waals surface area contributed by atoms with Crippen LogP contribution in [0.3, 0.4) is 0 Å². The molecule has 0 spiro atoms. The van der Waals surface area contributed by atoms with Crippen LogP contribution >= 0.6 is 0 Å². The molecule has 0 bridgehead atoms. The summed E-state index contributed by atoms with van der Waals surface area (Å²) >= 11 is 0. The van der Waals surface area contributed by atoms with Crippen LogP contribution in [-0.4, -0.2) is 0 Å². The fraction of sp³-hybridized carbons (Fsp3) is 1.00. The second-order valence-corrected chi connectivity index (χ2v) is 5.80. The van der Waals surface area contributed by atoms with Gasteiger partial charge >= 0.3 is 0 Å². The van der Waals surface area contributed by atoms with Crippen LogP contribution in [0.4, 0.5) is 0 Å². The first-order valence-electron chi connectivity index (χ1n) is 8.48. The molecule has 0 aromatic rings. The lowest BCUT2D eigenvalue weighted by atomic mass is 9.81. The molecule has 0 aromatic carbocycles. The largest absolute Gasteiger partial charge is 0.0683 e. The van der Waals surface area contributed by atoms with Crippen LogP contribution in [0.5, 0.6) is 0 Å². The third-order valence-electron chi connectivity index (χ3n) is 3.59. The van der Waals surface area contributed by atoms with Crippen molar-refractivity contribution >= 4 is 0 Å². The van der Waals surface area contributed by atoms with Gasteiger partial charge in [0.1, 0.15) is 0 Å². The molecule has 0 nitrogen and oxygen atoms in total. The highest BCUT2D eigenvalue weighted by Crippen LogP contribution is 2.27. The molecule has 0 amide bonds. The van der Waals surface area contributed by atoms with Gasteiger partial charge in [0.15, 0.2) is 0 Å². The van der Waals surface area contributed by atoms with E-state index in [-0.39, 0.29) is 0 Å². The van der Waals surface area contributed by atoms with E-state index in [0.717, 1.165) is 5.92 Å². The van der Waals surface area contributed by atoms with Gasteiger partial charge in [-0.25, -0.2) is 0 Å². The summed E-state index contributed by atoms with van der Waals surface area (Å²) in [6.07, 6.45) is 10.3. The van der Waals surface area contributed by atoms with E-state index in [4.69, 9.17) is 0 Å². The highest BCUT2D eigenvalue weighted by molar-refractivity contribution is 4.67. The molecule has 18 heavy (non-hydrogen) atoms. The molecule has 1 aliphatic rings. The van der Waals surface area contributed by atoms with Gasteiger partial charge in [-0.05, 0) is 11.3 Å². The Bertz CT molecular complexity index is 103. The first kappa shape index (κ1) is 23.1. The maximum absolute atomic E-state index is 2.31. The molecule has 1 fully saturated rings. The summed E-state index contributed by atoms with van der Waals surface area (Å²) in [5.41, 5.74) is 0.509. The zero-order valence-electron chi connectivity index (χ0n) is 15.0. The van der Waals surface area contributed by atoms with Crippen molar-refractivity contribution in [1.82, 2.24) is 0 Å². The molecule has 1 rings (SSSR count). The average molecular weight is 259 g/mol. The van der Waals surface area contributed by atoms with Crippen molar-refractivity contribution in [3.05, 3.63) is 0 Å². The monoisotopic (exact) mass is 258 g/mol. The van der Waals surface area contributed by atoms with E-state index in [1.54, 1.807) is 0 Å². The normalized spacial score (nSPS) is 15.8. The van der Waals surface area contributed by atoms with Crippen LogP contribution in [0, 0.1) is 11.3 Å². The summed E-state index contributed by atoms with van der Waals surface area (Å²) in [6, 6.07) is 0. The van der Waals surface area contributed by atoms with Gasteiger partial charge in [0, 0.05) is 0 Å². The van der Waals surface area contributed by atoms with Gasteiger partial charge in [-0.3, -0.25) is 0 Å². The molecule has 0 heteroatoms. The number of hydrogen-bond acceptors (Lipinski definition) is 0. The minimum atomic E-state index is 0.509. The second kappa shape index (κ2) is 17.0. The summed E-state index contributed by atoms with van der Waals surface area (Å²) in [6.45, 7) is 19.4. The molecule has 0 radical (unpaired) electrons. The van der Waals surface area contributed by atoms with Crippen molar-refractivity contribution in [2.45, 2.75) is 107 Å². The first-order chi connectivity index (χ1) is 8.48. The molecule has 1 aliphatic carbocycles. The van der Waals surface area contributed by atoms with Gasteiger partial charge < -0.3 is 0 Å². The molecule has 0 heterocycles. The lowest BCUT2D eigenvalue weighted by molar-refractivity contribution is 0.254. The van der Waals surface area contributed by atoms with Gasteiger partial charge in [0.25, 0.3) is 0 Å². The zero-order valence-corrected chi connectivity index (χ0v) is 15.0. The van der Waals surface area contributed by atoms with Crippen molar-refractivity contribution in [3.63, 3.8) is 0 Å². The van der Waals surface area contributed by atoms with E-state index in [1.165, 1.54) is 44.9 Å². The fourth-order valence-electron chi connectivity index (χ4n) is 1.67. The minimum Gasteiger partial charge on any atom is -0.0683 e. The zero-order chi connectivity index (χ0) is 15.0. The predicted octanol–water partition coefficient (Wildman–Crippen LogP) is 7.47. The summed E-state index contributed by atoms with van der Waals surface area (Å²) in [5, 5.41) is 0. The van der Waals surface area contributed by atoms with Crippen molar-refractivity contribution in [3.8, 4) is 0 Å². The predicted molar refractivity (Wildman–Crippen MR) is 89.3 cm³/mol. The van der Waals surface area contributed by atoms with Crippen LogP contribution in [0.25, 0.3) is 0 Å². The molecule has 1 atom stereocenters. The molecule has 0 aliphatic heterocycles. The van der Waals surface area contributed by atoms with Gasteiger partial charge in [0.05, 0.1) is 0 Å². The minimum absolute atomic E-state index is 0.509. The molecule has 114 valence electrons. The van der Waals surface area contributed by atoms with E-state index in [1.807, 2.05) is 27.7 Å². The fourth-order valence-corrected chi connectivity index (χ4v) is 1.67. The van der Waals surface area contributed by atoms with Crippen LogP contribution in [0.2, 0.25) is 0 Å². The van der Waals surface area contributed by atoms with Crippen molar-refractivity contribution < 1.29 is 0 Å². The summed E-state index contributed by atoms with van der Waals surface area (Å²) in [4.78, 5) is 0. The highest BCUT2D eigenvalue weighted by Gasteiger charge is 2.16. The Labute approximate surface area is 119 Å². The Kier molecular flexibility index (Phi) is 21.8. The highest BCUT2D eigenvalue weighted by atomic mass is 14.2. The van der Waals surface area contributed by atoms with E-state index in [2.05, 4.69) is 34.6 Å². The quantitative estimate of drug-likeness (QED) is 0.457. The smallest absolute Gasteiger partial charge is 0.0357 e. The molecule has 0 N–H and O–H groups in total. The Morgan fingerprint density at radius 2 is 0.944 bits per heavy atom. The molecular formula is C18H42. The van der Waals surface area contributed by atoms with Crippen molar-refractivity contribution in [2.75, 3.05) is 0 Å². The topological polar surface area (TPSA) is 0 Å². The van der Waals surface area contributed by atoms with Crippen LogP contribution in [0.1, 0.15) is 107 Å². The maximum Gasteiger partial charge on any atom is -0.0357 e. The van der Waals surface area contributed by atoms with Crippen LogP contribution in [0.15, 0.2) is 0 Å². The van der Waals surface area contributed by atoms with E-state index in [0.29, 0.717) is 5.41 Å². The molecular weight excluding hydrogens is 216 g/mol. The third-order valence-corrected chi connectivity index (χ3v) is 3.59. The Hall–Kier alpha value is 0. The van der Waals surface area contributed by atoms with Gasteiger partial charge in [-0.15, -0.1) is 0 Å². The van der Waals surface area contributed by atoms with Crippen LogP contribution < -0.4 is 0 Å². The molecule has 0 saturated heterocycles. The van der Waals surface area contributed by atoms with Gasteiger partial charge in [-0.2, -0.15) is 0 Å². The Morgan fingerprint density at radius 1 is 0.722 bits per heavy atom. The van der Waals surface area contributed by atoms with Crippen molar-refractivity contribution in [1.29, 1.82) is 0 Å². The third kappa shape index (κ3) is 18.4. The lowest BCUT2D eigenvalue weighted by Crippen LogP contribution is -2.15. The standard InChI is InChI=1S/C8H18.C6H12.2C2H6/c1-6-7(2)8(3,4)5;1-2-4-6-5-3-1;2*1-2/h7H,6H2,1-5H3;1-6H2;2*1-2H3. The Morgan fingerprint density at radius 3 is 1.00 bits per heavy atom. The summed E-state index contributed by atoms with van der Waals surface area (Å²) < 4.78 is 0. The molecule has 1 saturated carbocycles. The molecule has 0 aromatic heterocycles. The Balaban J connectivity index is -0.000000199. The van der Waals surface area contributed by atoms with E-state index in [9.17, 15) is 0 Å². The SMILES string of the molecule is C1CCCCC1.CC.CC.CCC(C)C(C)(C)C. The molecule has 1 unspecified atom stereocenters. The summed E-state index contributed by atoms with van der Waals surface area (Å²) in [7, 11) is 0. The van der Waals surface area contributed by atoms with Crippen LogP contribution in [-0.2, 0) is 0 Å².